The molecule has 1 heterocycles. The topological polar surface area (TPSA) is 12.2 Å². The predicted octanol–water partition coefficient (Wildman–Crippen LogP) is 0.610. The van der Waals surface area contributed by atoms with E-state index in [4.69, 9.17) is 4.74 Å². The van der Waals surface area contributed by atoms with Gasteiger partial charge in [-0.3, -0.25) is 0 Å². The van der Waals surface area contributed by atoms with Gasteiger partial charge < -0.3 is 4.74 Å². The SMILES string of the molecule is CC1([N+]2=COCC2)CC1. The third-order valence-corrected chi connectivity index (χ3v) is 2.32. The van der Waals surface area contributed by atoms with Crippen LogP contribution in [-0.2, 0) is 4.74 Å². The minimum atomic E-state index is 0.483. The lowest BCUT2D eigenvalue weighted by Gasteiger charge is -2.00. The highest BCUT2D eigenvalue weighted by molar-refractivity contribution is 5.41. The Morgan fingerprint density at radius 2 is 2.33 bits per heavy atom. The van der Waals surface area contributed by atoms with Gasteiger partial charge in [0.2, 0.25) is 0 Å². The van der Waals surface area contributed by atoms with Crippen molar-refractivity contribution in [3.05, 3.63) is 0 Å². The summed E-state index contributed by atoms with van der Waals surface area (Å²) in [5.41, 5.74) is 0.483. The van der Waals surface area contributed by atoms with Crippen LogP contribution in [0.1, 0.15) is 19.8 Å². The molecule has 1 aliphatic carbocycles. The second-order valence-electron chi connectivity index (χ2n) is 3.17. The minimum Gasteiger partial charge on any atom is -0.444 e. The lowest BCUT2D eigenvalue weighted by atomic mass is 10.3. The molecule has 0 saturated heterocycles. The van der Waals surface area contributed by atoms with Crippen LogP contribution < -0.4 is 0 Å². The summed E-state index contributed by atoms with van der Waals surface area (Å²) in [5.74, 6) is 0. The first-order chi connectivity index (χ1) is 4.31. The minimum absolute atomic E-state index is 0.483. The summed E-state index contributed by atoms with van der Waals surface area (Å²) in [7, 11) is 0. The summed E-state index contributed by atoms with van der Waals surface area (Å²) in [6.45, 7) is 4.27. The highest BCUT2D eigenvalue weighted by atomic mass is 16.5. The van der Waals surface area contributed by atoms with E-state index in [2.05, 4.69) is 11.5 Å². The summed E-state index contributed by atoms with van der Waals surface area (Å²) in [6, 6.07) is 0. The average molecular weight is 126 g/mol. The molecule has 0 radical (unpaired) electrons. The van der Waals surface area contributed by atoms with Crippen molar-refractivity contribution in [1.29, 1.82) is 0 Å². The Hall–Kier alpha value is -0.530. The average Bonchev–Trinajstić information content (AvgIpc) is 2.46. The van der Waals surface area contributed by atoms with E-state index in [1.165, 1.54) is 12.8 Å². The predicted molar refractivity (Wildman–Crippen MR) is 34.8 cm³/mol. The van der Waals surface area contributed by atoms with Crippen molar-refractivity contribution in [1.82, 2.24) is 0 Å². The standard InChI is InChI=1S/C7H12NO/c1-7(2-3-7)8-4-5-9-6-8/h6H,2-5H2,1H3/q+1. The number of hydrogen-bond donors (Lipinski definition) is 0. The molecule has 0 N–H and O–H groups in total. The van der Waals surface area contributed by atoms with E-state index in [0.29, 0.717) is 5.54 Å². The van der Waals surface area contributed by atoms with Crippen LogP contribution in [0, 0.1) is 0 Å². The maximum Gasteiger partial charge on any atom is 0.324 e. The zero-order chi connectivity index (χ0) is 6.32. The summed E-state index contributed by atoms with van der Waals surface area (Å²) in [6.07, 6.45) is 4.56. The molecular weight excluding hydrogens is 114 g/mol. The summed E-state index contributed by atoms with van der Waals surface area (Å²) in [4.78, 5) is 0. The molecule has 0 unspecified atom stereocenters. The van der Waals surface area contributed by atoms with Gasteiger partial charge in [-0.15, -0.1) is 0 Å². The van der Waals surface area contributed by atoms with Gasteiger partial charge >= 0.3 is 6.40 Å². The van der Waals surface area contributed by atoms with E-state index >= 15 is 0 Å². The molecule has 9 heavy (non-hydrogen) atoms. The Bertz CT molecular complexity index is 158. The van der Waals surface area contributed by atoms with Gasteiger partial charge in [-0.05, 0) is 0 Å². The van der Waals surface area contributed by atoms with Crippen molar-refractivity contribution in [2.24, 2.45) is 0 Å². The molecule has 2 heteroatoms. The molecule has 1 aliphatic heterocycles. The molecule has 50 valence electrons. The molecule has 1 fully saturated rings. The molecule has 0 spiro atoms. The van der Waals surface area contributed by atoms with Crippen molar-refractivity contribution in [2.75, 3.05) is 13.2 Å². The zero-order valence-electron chi connectivity index (χ0n) is 5.76. The molecule has 2 nitrogen and oxygen atoms in total. The van der Waals surface area contributed by atoms with Crippen LogP contribution >= 0.6 is 0 Å². The first kappa shape index (κ1) is 5.27. The molecule has 2 rings (SSSR count). The van der Waals surface area contributed by atoms with E-state index in [1.54, 1.807) is 0 Å². The van der Waals surface area contributed by atoms with E-state index < -0.39 is 0 Å². The van der Waals surface area contributed by atoms with Crippen molar-refractivity contribution in [3.8, 4) is 0 Å². The molecular formula is C7H12NO+. The molecule has 1 saturated carbocycles. The van der Waals surface area contributed by atoms with Crippen LogP contribution in [0.15, 0.2) is 0 Å². The Morgan fingerprint density at radius 1 is 1.56 bits per heavy atom. The Kier molecular flexibility index (Phi) is 0.875. The number of nitrogens with zero attached hydrogens (tertiary/aromatic N) is 1. The maximum absolute atomic E-state index is 5.12. The van der Waals surface area contributed by atoms with Crippen LogP contribution in [0.5, 0.6) is 0 Å². The summed E-state index contributed by atoms with van der Waals surface area (Å²) < 4.78 is 7.44. The van der Waals surface area contributed by atoms with E-state index in [0.717, 1.165) is 13.2 Å². The Balaban J connectivity index is 2.12. The highest BCUT2D eigenvalue weighted by Gasteiger charge is 2.49. The van der Waals surface area contributed by atoms with E-state index in [9.17, 15) is 0 Å². The Morgan fingerprint density at radius 3 is 2.78 bits per heavy atom. The smallest absolute Gasteiger partial charge is 0.324 e. The van der Waals surface area contributed by atoms with Gasteiger partial charge in [0, 0.05) is 19.8 Å². The fourth-order valence-corrected chi connectivity index (χ4v) is 1.21. The normalized spacial score (nSPS) is 29.2. The second-order valence-corrected chi connectivity index (χ2v) is 3.17. The fourth-order valence-electron chi connectivity index (χ4n) is 1.21. The first-order valence-corrected chi connectivity index (χ1v) is 3.53. The van der Waals surface area contributed by atoms with Crippen LogP contribution in [0.3, 0.4) is 0 Å². The van der Waals surface area contributed by atoms with Gasteiger partial charge in [0.05, 0.1) is 0 Å². The molecule has 0 amide bonds. The number of ether oxygens (including phenoxy) is 1. The fraction of sp³-hybridized carbons (Fsp3) is 0.857. The summed E-state index contributed by atoms with van der Waals surface area (Å²) >= 11 is 0. The second kappa shape index (κ2) is 1.49. The molecule has 2 aliphatic rings. The van der Waals surface area contributed by atoms with Gasteiger partial charge in [0.1, 0.15) is 0 Å². The van der Waals surface area contributed by atoms with Crippen LogP contribution in [-0.4, -0.2) is 29.7 Å². The lowest BCUT2D eigenvalue weighted by Crippen LogP contribution is -2.23. The van der Waals surface area contributed by atoms with Crippen molar-refractivity contribution in [2.45, 2.75) is 25.3 Å². The Labute approximate surface area is 55.1 Å². The third-order valence-electron chi connectivity index (χ3n) is 2.32. The highest BCUT2D eigenvalue weighted by Crippen LogP contribution is 2.38. The van der Waals surface area contributed by atoms with Crippen LogP contribution in [0.2, 0.25) is 0 Å². The van der Waals surface area contributed by atoms with E-state index in [1.807, 2.05) is 6.40 Å². The van der Waals surface area contributed by atoms with Gasteiger partial charge in [0.15, 0.2) is 18.7 Å². The third kappa shape index (κ3) is 0.732. The molecule has 0 aromatic heterocycles. The van der Waals surface area contributed by atoms with Crippen molar-refractivity contribution < 1.29 is 9.31 Å². The summed E-state index contributed by atoms with van der Waals surface area (Å²) in [5, 5.41) is 0. The first-order valence-electron chi connectivity index (χ1n) is 3.53. The van der Waals surface area contributed by atoms with E-state index in [-0.39, 0.29) is 0 Å². The van der Waals surface area contributed by atoms with Gasteiger partial charge in [-0.1, -0.05) is 0 Å². The largest absolute Gasteiger partial charge is 0.444 e. The monoisotopic (exact) mass is 126 g/mol. The molecule has 0 aromatic carbocycles. The maximum atomic E-state index is 5.12. The number of hydrogen-bond acceptors (Lipinski definition) is 1. The van der Waals surface area contributed by atoms with Crippen LogP contribution in [0.4, 0.5) is 0 Å². The zero-order valence-corrected chi connectivity index (χ0v) is 5.76. The van der Waals surface area contributed by atoms with Crippen LogP contribution in [0.25, 0.3) is 0 Å². The number of rotatable bonds is 1. The lowest BCUT2D eigenvalue weighted by molar-refractivity contribution is -0.564. The molecule has 0 bridgehead atoms. The van der Waals surface area contributed by atoms with Crippen molar-refractivity contribution >= 4 is 6.40 Å². The molecule has 0 aromatic rings. The van der Waals surface area contributed by atoms with Gasteiger partial charge in [-0.2, -0.15) is 4.58 Å². The van der Waals surface area contributed by atoms with Gasteiger partial charge in [0.25, 0.3) is 0 Å². The quantitative estimate of drug-likeness (QED) is 0.469. The van der Waals surface area contributed by atoms with Crippen molar-refractivity contribution in [3.63, 3.8) is 0 Å². The van der Waals surface area contributed by atoms with Gasteiger partial charge in [-0.25, -0.2) is 0 Å². The molecule has 0 atom stereocenters.